The van der Waals surface area contributed by atoms with E-state index in [9.17, 15) is 13.2 Å². The Morgan fingerprint density at radius 1 is 0.824 bits per heavy atom. The van der Waals surface area contributed by atoms with Crippen LogP contribution in [0.4, 0.5) is 13.2 Å². The maximum atomic E-state index is 13.0. The average molecular weight is 506 g/mol. The first kappa shape index (κ1) is 26.3. The number of halogens is 5. The molecule has 0 fully saturated rings. The van der Waals surface area contributed by atoms with E-state index in [1.54, 1.807) is 6.07 Å². The highest BCUT2D eigenvalue weighted by Crippen LogP contribution is 2.33. The molecule has 180 valence electrons. The zero-order chi connectivity index (χ0) is 23.6. The van der Waals surface area contributed by atoms with E-state index in [4.69, 9.17) is 11.6 Å². The summed E-state index contributed by atoms with van der Waals surface area (Å²) in [5.74, 6) is 0. The van der Waals surface area contributed by atoms with Crippen molar-refractivity contribution in [2.45, 2.75) is 31.9 Å². The molecule has 0 saturated carbocycles. The first-order valence-electron chi connectivity index (χ1n) is 11.1. The number of benzene rings is 3. The van der Waals surface area contributed by atoms with Crippen molar-refractivity contribution in [1.29, 1.82) is 0 Å². The van der Waals surface area contributed by atoms with Gasteiger partial charge in [-0.25, -0.2) is 0 Å². The summed E-state index contributed by atoms with van der Waals surface area (Å²) in [6.45, 7) is 6.89. The maximum absolute atomic E-state index is 13.0. The predicted molar refractivity (Wildman–Crippen MR) is 138 cm³/mol. The zero-order valence-corrected chi connectivity index (χ0v) is 20.8. The number of hydrogen-bond acceptors (Lipinski definition) is 1. The van der Waals surface area contributed by atoms with E-state index in [1.165, 1.54) is 17.7 Å². The zero-order valence-electron chi connectivity index (χ0n) is 19.2. The van der Waals surface area contributed by atoms with E-state index >= 15 is 0 Å². The van der Waals surface area contributed by atoms with Crippen LogP contribution in [0.1, 0.15) is 37.0 Å². The third-order valence-electron chi connectivity index (χ3n) is 6.30. The molecule has 0 atom stereocenters. The minimum absolute atomic E-state index is 0. The van der Waals surface area contributed by atoms with E-state index in [0.29, 0.717) is 5.56 Å². The van der Waals surface area contributed by atoms with Crippen LogP contribution in [-0.4, -0.2) is 24.5 Å². The molecule has 3 aromatic carbocycles. The molecule has 1 heterocycles. The van der Waals surface area contributed by atoms with Gasteiger partial charge in [-0.1, -0.05) is 80.1 Å². The van der Waals surface area contributed by atoms with Gasteiger partial charge in [0.2, 0.25) is 0 Å². The van der Waals surface area contributed by atoms with Gasteiger partial charge in [0.05, 0.1) is 5.56 Å². The maximum Gasteiger partial charge on any atom is 0.416 e. The summed E-state index contributed by atoms with van der Waals surface area (Å²) in [4.78, 5) is 2.36. The molecule has 0 saturated heterocycles. The van der Waals surface area contributed by atoms with Crippen molar-refractivity contribution in [2.75, 3.05) is 19.6 Å². The summed E-state index contributed by atoms with van der Waals surface area (Å²) in [6, 6.07) is 22.1. The van der Waals surface area contributed by atoms with Crippen LogP contribution < -0.4 is 0 Å². The highest BCUT2D eigenvalue weighted by Gasteiger charge is 2.31. The Labute approximate surface area is 210 Å². The fraction of sp³-hybridized carbons (Fsp3) is 0.286. The van der Waals surface area contributed by atoms with E-state index in [0.717, 1.165) is 53.8 Å². The molecule has 1 aliphatic heterocycles. The topological polar surface area (TPSA) is 3.24 Å². The molecule has 6 heteroatoms. The summed E-state index contributed by atoms with van der Waals surface area (Å²) >= 11 is 6.12. The molecule has 0 bridgehead atoms. The van der Waals surface area contributed by atoms with Crippen LogP contribution in [-0.2, 0) is 11.6 Å². The molecule has 4 rings (SSSR count). The molecular weight excluding hydrogens is 478 g/mol. The minimum Gasteiger partial charge on any atom is -0.298 e. The third kappa shape index (κ3) is 6.24. The molecule has 34 heavy (non-hydrogen) atoms. The average Bonchev–Trinajstić information content (AvgIpc) is 2.79. The van der Waals surface area contributed by atoms with Gasteiger partial charge in [0.15, 0.2) is 0 Å². The van der Waals surface area contributed by atoms with Crippen molar-refractivity contribution < 1.29 is 13.2 Å². The quantitative estimate of drug-likeness (QED) is 0.335. The summed E-state index contributed by atoms with van der Waals surface area (Å²) in [5.41, 5.74) is 4.47. The van der Waals surface area contributed by atoms with Crippen LogP contribution >= 0.6 is 24.0 Å². The number of hydrogen-bond donors (Lipinski definition) is 0. The van der Waals surface area contributed by atoms with Crippen LogP contribution in [0.15, 0.2) is 78.9 Å². The van der Waals surface area contributed by atoms with Gasteiger partial charge in [0, 0.05) is 30.1 Å². The second-order valence-corrected chi connectivity index (χ2v) is 9.70. The first-order chi connectivity index (χ1) is 15.6. The molecule has 0 aliphatic carbocycles. The molecule has 0 radical (unpaired) electrons. The smallest absolute Gasteiger partial charge is 0.298 e. The number of alkyl halides is 3. The van der Waals surface area contributed by atoms with Crippen LogP contribution in [0.5, 0.6) is 0 Å². The summed E-state index contributed by atoms with van der Waals surface area (Å²) in [7, 11) is 0. The number of nitrogens with zero attached hydrogens (tertiary/aromatic N) is 1. The van der Waals surface area contributed by atoms with E-state index in [-0.39, 0.29) is 17.8 Å². The largest absolute Gasteiger partial charge is 0.416 e. The third-order valence-corrected chi connectivity index (χ3v) is 6.53. The molecular formula is C28H28Cl2F3N. The van der Waals surface area contributed by atoms with Gasteiger partial charge >= 0.3 is 6.18 Å². The fourth-order valence-electron chi connectivity index (χ4n) is 4.44. The van der Waals surface area contributed by atoms with Crippen molar-refractivity contribution in [3.8, 4) is 11.1 Å². The molecule has 1 aliphatic rings. The van der Waals surface area contributed by atoms with Crippen molar-refractivity contribution in [3.63, 3.8) is 0 Å². The highest BCUT2D eigenvalue weighted by molar-refractivity contribution is 6.30. The first-order valence-corrected chi connectivity index (χ1v) is 11.5. The van der Waals surface area contributed by atoms with E-state index in [1.807, 2.05) is 24.3 Å². The SMILES string of the molecule is CC(C)(CN1CC=C(c2cccc(C(F)(F)F)c2)CC1)c1ccc(-c2cccc(Cl)c2)cc1.Cl. The summed E-state index contributed by atoms with van der Waals surface area (Å²) in [5, 5.41) is 0.722. The van der Waals surface area contributed by atoms with Crippen molar-refractivity contribution in [2.24, 2.45) is 0 Å². The van der Waals surface area contributed by atoms with E-state index in [2.05, 4.69) is 49.1 Å². The molecule has 0 N–H and O–H groups in total. The lowest BCUT2D eigenvalue weighted by Gasteiger charge is -2.35. The van der Waals surface area contributed by atoms with Crippen LogP contribution in [0, 0.1) is 0 Å². The van der Waals surface area contributed by atoms with Crippen molar-refractivity contribution in [3.05, 3.63) is 101 Å². The van der Waals surface area contributed by atoms with Gasteiger partial charge in [0.1, 0.15) is 0 Å². The Morgan fingerprint density at radius 3 is 2.12 bits per heavy atom. The van der Waals surface area contributed by atoms with Crippen LogP contribution in [0.25, 0.3) is 16.7 Å². The van der Waals surface area contributed by atoms with E-state index < -0.39 is 11.7 Å². The van der Waals surface area contributed by atoms with Crippen LogP contribution in [0.2, 0.25) is 5.02 Å². The lowest BCUT2D eigenvalue weighted by Crippen LogP contribution is -2.39. The van der Waals surface area contributed by atoms with Crippen molar-refractivity contribution in [1.82, 2.24) is 4.90 Å². The Morgan fingerprint density at radius 2 is 1.50 bits per heavy atom. The normalized spacial score (nSPS) is 14.9. The molecule has 0 aromatic heterocycles. The highest BCUT2D eigenvalue weighted by atomic mass is 35.5. The summed E-state index contributed by atoms with van der Waals surface area (Å²) in [6.07, 6.45) is -1.51. The molecule has 3 aromatic rings. The Hall–Kier alpha value is -2.27. The monoisotopic (exact) mass is 505 g/mol. The molecule has 0 unspecified atom stereocenters. The second kappa shape index (κ2) is 10.6. The van der Waals surface area contributed by atoms with Crippen LogP contribution in [0.3, 0.4) is 0 Å². The molecule has 0 amide bonds. The number of rotatable bonds is 5. The second-order valence-electron chi connectivity index (χ2n) is 9.26. The predicted octanol–water partition coefficient (Wildman–Crippen LogP) is 8.51. The standard InChI is InChI=1S/C28H27ClF3N.ClH/c1-27(2,24-11-9-20(10-12-24)23-6-4-8-26(29)18-23)19-33-15-13-21(14-16-33)22-5-3-7-25(17-22)28(30,31)32;/h3-13,17-18H,14-16,19H2,1-2H3;1H. The molecule has 1 nitrogen and oxygen atoms in total. The fourth-order valence-corrected chi connectivity index (χ4v) is 4.63. The Bertz CT molecular complexity index is 1150. The van der Waals surface area contributed by atoms with Gasteiger partial charge in [-0.05, 0) is 58.5 Å². The Balaban J connectivity index is 0.00000324. The Kier molecular flexibility index (Phi) is 8.18. The van der Waals surface area contributed by atoms with Gasteiger partial charge in [0.25, 0.3) is 0 Å². The molecule has 0 spiro atoms. The van der Waals surface area contributed by atoms with Gasteiger partial charge in [-0.15, -0.1) is 12.4 Å². The van der Waals surface area contributed by atoms with Gasteiger partial charge in [-0.3, -0.25) is 4.90 Å². The van der Waals surface area contributed by atoms with Gasteiger partial charge in [-0.2, -0.15) is 13.2 Å². The van der Waals surface area contributed by atoms with Gasteiger partial charge < -0.3 is 0 Å². The van der Waals surface area contributed by atoms with Crippen molar-refractivity contribution >= 4 is 29.6 Å². The summed E-state index contributed by atoms with van der Waals surface area (Å²) < 4.78 is 39.1. The lowest BCUT2D eigenvalue weighted by atomic mass is 9.83. The lowest BCUT2D eigenvalue weighted by molar-refractivity contribution is -0.137. The minimum atomic E-state index is -4.32.